The average molecular weight is 266 g/mol. The number of nitrogens with zero attached hydrogens (tertiary/aromatic N) is 2. The van der Waals surface area contributed by atoms with Gasteiger partial charge in [-0.3, -0.25) is 4.79 Å². The molecule has 0 aliphatic carbocycles. The van der Waals surface area contributed by atoms with Crippen molar-refractivity contribution in [2.75, 3.05) is 0 Å². The first-order valence-electron chi connectivity index (χ1n) is 6.15. The van der Waals surface area contributed by atoms with Crippen LogP contribution in [0.25, 0.3) is 0 Å². The maximum atomic E-state index is 13.3. The van der Waals surface area contributed by atoms with E-state index >= 15 is 0 Å². The maximum Gasteiger partial charge on any atom is 0.308 e. The molecule has 0 aliphatic heterocycles. The van der Waals surface area contributed by atoms with Crippen LogP contribution in [0.3, 0.4) is 0 Å². The Balaban J connectivity index is 2.54. The number of carbonyl (C=O) groups excluding carboxylic acids is 1. The second-order valence-electron chi connectivity index (χ2n) is 5.31. The lowest BCUT2D eigenvalue weighted by Crippen LogP contribution is -2.25. The molecule has 0 saturated heterocycles. The molecule has 0 amide bonds. The zero-order chi connectivity index (χ0) is 14.5. The van der Waals surface area contributed by atoms with Gasteiger partial charge in [-0.25, -0.2) is 4.39 Å². The Morgan fingerprint density at radius 1 is 1.37 bits per heavy atom. The number of ether oxygens (including phenoxy) is 1. The minimum atomic E-state index is -0.514. The molecule has 104 valence electrons. The normalized spacial score (nSPS) is 13.5. The van der Waals surface area contributed by atoms with E-state index in [1.54, 1.807) is 39.8 Å². The molecule has 0 aliphatic rings. The Labute approximate surface area is 112 Å². The highest BCUT2D eigenvalue weighted by Crippen LogP contribution is 2.18. The van der Waals surface area contributed by atoms with E-state index in [4.69, 9.17) is 4.74 Å². The topological polar surface area (TPSA) is 51.0 Å². The number of esters is 1. The molecule has 4 nitrogen and oxygen atoms in total. The van der Waals surface area contributed by atoms with Crippen molar-refractivity contribution in [1.29, 1.82) is 0 Å². The number of azo groups is 1. The van der Waals surface area contributed by atoms with Crippen molar-refractivity contribution in [2.45, 2.75) is 45.8 Å². The van der Waals surface area contributed by atoms with Crippen LogP contribution < -0.4 is 0 Å². The summed E-state index contributed by atoms with van der Waals surface area (Å²) >= 11 is 0. The summed E-state index contributed by atoms with van der Waals surface area (Å²) in [6.45, 7) is 7.14. The van der Waals surface area contributed by atoms with E-state index in [0.29, 0.717) is 0 Å². The van der Waals surface area contributed by atoms with Gasteiger partial charge in [-0.05, 0) is 39.8 Å². The molecule has 19 heavy (non-hydrogen) atoms. The summed E-state index contributed by atoms with van der Waals surface area (Å²) in [5.74, 6) is -0.775. The van der Waals surface area contributed by atoms with Crippen LogP contribution in [-0.2, 0) is 9.53 Å². The third-order valence-electron chi connectivity index (χ3n) is 2.10. The molecule has 1 aromatic rings. The minimum absolute atomic E-state index is 0.120. The van der Waals surface area contributed by atoms with Crippen LogP contribution >= 0.6 is 0 Å². The summed E-state index contributed by atoms with van der Waals surface area (Å²) in [6.07, 6.45) is 0.120. The van der Waals surface area contributed by atoms with Gasteiger partial charge in [0.25, 0.3) is 0 Å². The second-order valence-corrected chi connectivity index (χ2v) is 5.31. The van der Waals surface area contributed by atoms with Gasteiger partial charge in [0.2, 0.25) is 0 Å². The second kappa shape index (κ2) is 6.41. The van der Waals surface area contributed by atoms with E-state index in [1.165, 1.54) is 12.1 Å². The molecule has 5 heteroatoms. The first kappa shape index (κ1) is 15.3. The SMILES string of the molecule is CC(CC(=O)OC(C)(C)C)N=Nc1ccccc1F. The van der Waals surface area contributed by atoms with Gasteiger partial charge in [-0.1, -0.05) is 12.1 Å². The van der Waals surface area contributed by atoms with Crippen LogP contribution in [-0.4, -0.2) is 17.6 Å². The Bertz CT molecular complexity index is 467. The predicted octanol–water partition coefficient (Wildman–Crippen LogP) is 4.03. The van der Waals surface area contributed by atoms with Gasteiger partial charge >= 0.3 is 5.97 Å². The van der Waals surface area contributed by atoms with Crippen molar-refractivity contribution in [2.24, 2.45) is 10.2 Å². The van der Waals surface area contributed by atoms with Gasteiger partial charge in [-0.2, -0.15) is 10.2 Å². The van der Waals surface area contributed by atoms with Crippen molar-refractivity contribution in [1.82, 2.24) is 0 Å². The Morgan fingerprint density at radius 2 is 2.00 bits per heavy atom. The molecule has 0 saturated carbocycles. The van der Waals surface area contributed by atoms with Gasteiger partial charge in [-0.15, -0.1) is 0 Å². The van der Waals surface area contributed by atoms with Crippen LogP contribution in [0.2, 0.25) is 0 Å². The van der Waals surface area contributed by atoms with Gasteiger partial charge in [0.1, 0.15) is 11.3 Å². The van der Waals surface area contributed by atoms with E-state index in [1.807, 2.05) is 0 Å². The van der Waals surface area contributed by atoms with E-state index in [0.717, 1.165) is 0 Å². The van der Waals surface area contributed by atoms with Crippen LogP contribution in [0.5, 0.6) is 0 Å². The summed E-state index contributed by atoms with van der Waals surface area (Å²) in [6, 6.07) is 5.75. The van der Waals surface area contributed by atoms with E-state index < -0.39 is 11.4 Å². The van der Waals surface area contributed by atoms with Crippen molar-refractivity contribution in [3.8, 4) is 0 Å². The highest BCUT2D eigenvalue weighted by atomic mass is 19.1. The highest BCUT2D eigenvalue weighted by molar-refractivity contribution is 5.70. The lowest BCUT2D eigenvalue weighted by molar-refractivity contribution is -0.155. The largest absolute Gasteiger partial charge is 0.460 e. The van der Waals surface area contributed by atoms with Crippen LogP contribution in [0.4, 0.5) is 10.1 Å². The molecule has 0 aromatic heterocycles. The Hall–Kier alpha value is -1.78. The molecule has 0 fully saturated rings. The van der Waals surface area contributed by atoms with E-state index in [-0.39, 0.29) is 24.1 Å². The fourth-order valence-electron chi connectivity index (χ4n) is 1.36. The smallest absolute Gasteiger partial charge is 0.308 e. The molecule has 0 heterocycles. The molecule has 1 rings (SSSR count). The van der Waals surface area contributed by atoms with Gasteiger partial charge < -0.3 is 4.74 Å². The lowest BCUT2D eigenvalue weighted by atomic mass is 10.2. The van der Waals surface area contributed by atoms with Crippen LogP contribution in [0.1, 0.15) is 34.1 Å². The van der Waals surface area contributed by atoms with Crippen LogP contribution in [0.15, 0.2) is 34.5 Å². The maximum absolute atomic E-state index is 13.3. The van der Waals surface area contributed by atoms with Crippen molar-refractivity contribution in [3.05, 3.63) is 30.1 Å². The molecular weight excluding hydrogens is 247 g/mol. The monoisotopic (exact) mass is 266 g/mol. The average Bonchev–Trinajstić information content (AvgIpc) is 2.25. The first-order valence-corrected chi connectivity index (χ1v) is 6.15. The Kier molecular flexibility index (Phi) is 5.15. The summed E-state index contributed by atoms with van der Waals surface area (Å²) in [7, 11) is 0. The highest BCUT2D eigenvalue weighted by Gasteiger charge is 2.18. The Morgan fingerprint density at radius 3 is 2.58 bits per heavy atom. The fourth-order valence-corrected chi connectivity index (χ4v) is 1.36. The zero-order valence-corrected chi connectivity index (χ0v) is 11.7. The van der Waals surface area contributed by atoms with Crippen molar-refractivity contribution < 1.29 is 13.9 Å². The number of rotatable bonds is 4. The number of benzene rings is 1. The molecule has 1 unspecified atom stereocenters. The lowest BCUT2D eigenvalue weighted by Gasteiger charge is -2.19. The van der Waals surface area contributed by atoms with E-state index in [9.17, 15) is 9.18 Å². The molecule has 0 bridgehead atoms. The standard InChI is InChI=1S/C14H19FN2O2/c1-10(9-13(18)19-14(2,3)4)16-17-12-8-6-5-7-11(12)15/h5-8,10H,9H2,1-4H3. The summed E-state index contributed by atoms with van der Waals surface area (Å²) in [4.78, 5) is 11.5. The van der Waals surface area contributed by atoms with Crippen LogP contribution in [0, 0.1) is 5.82 Å². The van der Waals surface area contributed by atoms with Gasteiger partial charge in [0.15, 0.2) is 5.82 Å². The summed E-state index contributed by atoms with van der Waals surface area (Å²) in [5.41, 5.74) is -0.349. The van der Waals surface area contributed by atoms with Crippen molar-refractivity contribution in [3.63, 3.8) is 0 Å². The molecule has 1 atom stereocenters. The molecular formula is C14H19FN2O2. The first-order chi connectivity index (χ1) is 8.78. The number of carbonyl (C=O) groups is 1. The molecule has 0 spiro atoms. The molecule has 1 aromatic carbocycles. The van der Waals surface area contributed by atoms with E-state index in [2.05, 4.69) is 10.2 Å². The fraction of sp³-hybridized carbons (Fsp3) is 0.500. The predicted molar refractivity (Wildman–Crippen MR) is 70.8 cm³/mol. The molecule has 0 N–H and O–H groups in total. The molecule has 0 radical (unpaired) electrons. The zero-order valence-electron chi connectivity index (χ0n) is 11.7. The van der Waals surface area contributed by atoms with Gasteiger partial charge in [0, 0.05) is 0 Å². The quantitative estimate of drug-likeness (QED) is 0.610. The number of halogens is 1. The summed E-state index contributed by atoms with van der Waals surface area (Å²) in [5, 5.41) is 7.71. The minimum Gasteiger partial charge on any atom is -0.460 e. The third kappa shape index (κ3) is 6.08. The van der Waals surface area contributed by atoms with Crippen molar-refractivity contribution >= 4 is 11.7 Å². The van der Waals surface area contributed by atoms with Gasteiger partial charge in [0.05, 0.1) is 12.5 Å². The number of hydrogen-bond acceptors (Lipinski definition) is 4. The summed E-state index contributed by atoms with van der Waals surface area (Å²) < 4.78 is 18.4. The number of hydrogen-bond donors (Lipinski definition) is 0. The third-order valence-corrected chi connectivity index (χ3v) is 2.10.